The van der Waals surface area contributed by atoms with Crippen LogP contribution in [0.5, 0.6) is 0 Å². The van der Waals surface area contributed by atoms with E-state index in [-0.39, 0.29) is 5.91 Å². The Kier molecular flexibility index (Phi) is 2.60. The van der Waals surface area contributed by atoms with Crippen molar-refractivity contribution in [1.82, 2.24) is 9.13 Å². The number of hydrogen-bond acceptors (Lipinski definition) is 2. The number of benzene rings is 2. The van der Waals surface area contributed by atoms with Gasteiger partial charge in [0.05, 0.1) is 5.52 Å². The van der Waals surface area contributed by atoms with E-state index in [1.54, 1.807) is 10.8 Å². The van der Waals surface area contributed by atoms with Crippen LogP contribution >= 0.6 is 0 Å². The molecule has 0 bridgehead atoms. The molecule has 0 saturated heterocycles. The van der Waals surface area contributed by atoms with Gasteiger partial charge in [0.2, 0.25) is 0 Å². The third-order valence-electron chi connectivity index (χ3n) is 4.07. The van der Waals surface area contributed by atoms with E-state index < -0.39 is 0 Å². The maximum absolute atomic E-state index is 12.8. The minimum absolute atomic E-state index is 0.0390. The number of aryl methyl sites for hydroxylation is 1. The van der Waals surface area contributed by atoms with E-state index in [1.807, 2.05) is 66.3 Å². The number of fused-ring (bicyclic) bond motifs is 2. The minimum atomic E-state index is -0.0390. The zero-order valence-corrected chi connectivity index (χ0v) is 12.2. The van der Waals surface area contributed by atoms with Gasteiger partial charge in [-0.15, -0.1) is 0 Å². The molecule has 0 saturated carbocycles. The quantitative estimate of drug-likeness (QED) is 0.546. The summed E-state index contributed by atoms with van der Waals surface area (Å²) in [5.41, 5.74) is 9.07. The molecule has 0 spiro atoms. The lowest BCUT2D eigenvalue weighted by molar-refractivity contribution is 0.0965. The summed E-state index contributed by atoms with van der Waals surface area (Å²) in [6.07, 6.45) is 3.79. The summed E-state index contributed by atoms with van der Waals surface area (Å²) in [4.78, 5) is 12.8. The van der Waals surface area contributed by atoms with E-state index in [0.717, 1.165) is 21.8 Å². The molecule has 4 aromatic rings. The summed E-state index contributed by atoms with van der Waals surface area (Å²) in [6.45, 7) is 0. The van der Waals surface area contributed by atoms with Crippen molar-refractivity contribution in [3.8, 4) is 0 Å². The molecular formula is C18H15N3O. The SMILES string of the molecule is Cn1ccc2ccc(C(=O)n3ccc4cc(N)ccc43)cc21. The molecule has 22 heavy (non-hydrogen) atoms. The number of rotatable bonds is 1. The molecule has 0 aliphatic carbocycles. The Hall–Kier alpha value is -3.01. The van der Waals surface area contributed by atoms with E-state index in [9.17, 15) is 4.79 Å². The number of anilines is 1. The number of carbonyl (C=O) groups excluding carboxylic acids is 1. The summed E-state index contributed by atoms with van der Waals surface area (Å²) < 4.78 is 3.68. The maximum atomic E-state index is 12.8. The van der Waals surface area contributed by atoms with E-state index in [2.05, 4.69) is 0 Å². The number of hydrogen-bond donors (Lipinski definition) is 1. The molecule has 108 valence electrons. The number of carbonyl (C=O) groups is 1. The lowest BCUT2D eigenvalue weighted by Crippen LogP contribution is -2.10. The van der Waals surface area contributed by atoms with Gasteiger partial charge in [-0.05, 0) is 47.9 Å². The van der Waals surface area contributed by atoms with Gasteiger partial charge in [0.25, 0.3) is 5.91 Å². The first kappa shape index (κ1) is 12.7. The van der Waals surface area contributed by atoms with Crippen molar-refractivity contribution in [2.24, 2.45) is 7.05 Å². The fourth-order valence-corrected chi connectivity index (χ4v) is 2.87. The van der Waals surface area contributed by atoms with Crippen molar-refractivity contribution in [1.29, 1.82) is 0 Å². The van der Waals surface area contributed by atoms with Crippen LogP contribution in [0.1, 0.15) is 10.4 Å². The third kappa shape index (κ3) is 1.81. The first-order chi connectivity index (χ1) is 10.6. The zero-order valence-electron chi connectivity index (χ0n) is 12.2. The average Bonchev–Trinajstić information content (AvgIpc) is 3.10. The highest BCUT2D eigenvalue weighted by Gasteiger charge is 2.12. The van der Waals surface area contributed by atoms with Crippen molar-refractivity contribution >= 4 is 33.4 Å². The Morgan fingerprint density at radius 2 is 1.73 bits per heavy atom. The summed E-state index contributed by atoms with van der Waals surface area (Å²) >= 11 is 0. The van der Waals surface area contributed by atoms with Crippen LogP contribution < -0.4 is 5.73 Å². The monoisotopic (exact) mass is 289 g/mol. The first-order valence-electron chi connectivity index (χ1n) is 7.10. The molecule has 0 atom stereocenters. The zero-order chi connectivity index (χ0) is 15.3. The summed E-state index contributed by atoms with van der Waals surface area (Å²) in [6, 6.07) is 15.3. The van der Waals surface area contributed by atoms with Gasteiger partial charge in [-0.25, -0.2) is 0 Å². The maximum Gasteiger partial charge on any atom is 0.262 e. The Morgan fingerprint density at radius 3 is 2.59 bits per heavy atom. The van der Waals surface area contributed by atoms with Crippen molar-refractivity contribution < 1.29 is 4.79 Å². The predicted octanol–water partition coefficient (Wildman–Crippen LogP) is 3.40. The van der Waals surface area contributed by atoms with Gasteiger partial charge in [0, 0.05) is 41.6 Å². The van der Waals surface area contributed by atoms with Crippen LogP contribution in [0.15, 0.2) is 60.9 Å². The fourth-order valence-electron chi connectivity index (χ4n) is 2.87. The highest BCUT2D eigenvalue weighted by molar-refractivity contribution is 6.04. The van der Waals surface area contributed by atoms with Crippen LogP contribution in [0.4, 0.5) is 5.69 Å². The molecule has 4 nitrogen and oxygen atoms in total. The number of nitrogens with two attached hydrogens (primary N) is 1. The van der Waals surface area contributed by atoms with Crippen molar-refractivity contribution in [3.63, 3.8) is 0 Å². The summed E-state index contributed by atoms with van der Waals surface area (Å²) in [7, 11) is 1.98. The molecule has 2 aromatic heterocycles. The van der Waals surface area contributed by atoms with E-state index >= 15 is 0 Å². The van der Waals surface area contributed by atoms with Gasteiger partial charge >= 0.3 is 0 Å². The highest BCUT2D eigenvalue weighted by atomic mass is 16.2. The van der Waals surface area contributed by atoms with Crippen LogP contribution in [-0.2, 0) is 7.05 Å². The molecule has 0 unspecified atom stereocenters. The molecule has 4 heteroatoms. The summed E-state index contributed by atoms with van der Waals surface area (Å²) in [5.74, 6) is -0.0390. The molecule has 0 aliphatic rings. The Labute approximate surface area is 127 Å². The topological polar surface area (TPSA) is 53.0 Å². The second-order valence-corrected chi connectivity index (χ2v) is 5.51. The van der Waals surface area contributed by atoms with E-state index in [4.69, 9.17) is 5.73 Å². The van der Waals surface area contributed by atoms with Gasteiger partial charge in [-0.2, -0.15) is 0 Å². The lowest BCUT2D eigenvalue weighted by Gasteiger charge is -2.06. The van der Waals surface area contributed by atoms with Crippen molar-refractivity contribution in [2.75, 3.05) is 5.73 Å². The van der Waals surface area contributed by atoms with Crippen LogP contribution in [-0.4, -0.2) is 15.0 Å². The minimum Gasteiger partial charge on any atom is -0.399 e. The Bertz CT molecular complexity index is 1020. The Balaban J connectivity index is 1.86. The van der Waals surface area contributed by atoms with Crippen LogP contribution in [0.25, 0.3) is 21.8 Å². The standard InChI is InChI=1S/C18H15N3O/c1-20-8-6-12-2-3-14(11-17(12)20)18(22)21-9-7-13-10-15(19)4-5-16(13)21/h2-11H,19H2,1H3. The van der Waals surface area contributed by atoms with Gasteiger partial charge in [-0.1, -0.05) is 6.07 Å². The highest BCUT2D eigenvalue weighted by Crippen LogP contribution is 2.22. The number of aromatic nitrogens is 2. The largest absolute Gasteiger partial charge is 0.399 e. The average molecular weight is 289 g/mol. The molecule has 0 amide bonds. The third-order valence-corrected chi connectivity index (χ3v) is 4.07. The van der Waals surface area contributed by atoms with E-state index in [1.165, 1.54) is 0 Å². The predicted molar refractivity (Wildman–Crippen MR) is 89.0 cm³/mol. The molecule has 0 fully saturated rings. The number of nitrogen functional groups attached to an aromatic ring is 1. The van der Waals surface area contributed by atoms with Gasteiger partial charge < -0.3 is 10.3 Å². The second kappa shape index (κ2) is 4.49. The second-order valence-electron chi connectivity index (χ2n) is 5.51. The molecule has 0 aliphatic heterocycles. The normalized spacial score (nSPS) is 11.3. The van der Waals surface area contributed by atoms with Gasteiger partial charge in [-0.3, -0.25) is 9.36 Å². The number of nitrogens with zero attached hydrogens (tertiary/aromatic N) is 2. The van der Waals surface area contributed by atoms with Crippen LogP contribution in [0.3, 0.4) is 0 Å². The van der Waals surface area contributed by atoms with Gasteiger partial charge in [0.1, 0.15) is 0 Å². The van der Waals surface area contributed by atoms with E-state index in [0.29, 0.717) is 11.3 Å². The summed E-state index contributed by atoms with van der Waals surface area (Å²) in [5, 5.41) is 2.09. The van der Waals surface area contributed by atoms with Crippen LogP contribution in [0.2, 0.25) is 0 Å². The van der Waals surface area contributed by atoms with Crippen molar-refractivity contribution in [3.05, 3.63) is 66.5 Å². The molecule has 0 radical (unpaired) electrons. The molecule has 2 N–H and O–H groups in total. The Morgan fingerprint density at radius 1 is 0.909 bits per heavy atom. The molecule has 4 rings (SSSR count). The molecule has 2 heterocycles. The lowest BCUT2D eigenvalue weighted by atomic mass is 10.1. The fraction of sp³-hybridized carbons (Fsp3) is 0.0556. The molecule has 2 aromatic carbocycles. The van der Waals surface area contributed by atoms with Crippen molar-refractivity contribution in [2.45, 2.75) is 0 Å². The van der Waals surface area contributed by atoms with Gasteiger partial charge in [0.15, 0.2) is 0 Å². The van der Waals surface area contributed by atoms with Crippen LogP contribution in [0, 0.1) is 0 Å². The molecular weight excluding hydrogens is 274 g/mol. The first-order valence-corrected chi connectivity index (χ1v) is 7.10. The smallest absolute Gasteiger partial charge is 0.262 e.